The first-order chi connectivity index (χ1) is 6.77. The fourth-order valence-electron chi connectivity index (χ4n) is 1.74. The highest BCUT2D eigenvalue weighted by Gasteiger charge is 2.20. The summed E-state index contributed by atoms with van der Waals surface area (Å²) in [4.78, 5) is 12.5. The molecule has 0 spiro atoms. The van der Waals surface area contributed by atoms with E-state index in [0.717, 1.165) is 24.4 Å². The van der Waals surface area contributed by atoms with Crippen molar-refractivity contribution >= 4 is 28.7 Å². The Morgan fingerprint density at radius 2 is 2.57 bits per heavy atom. The molecule has 1 N–H and O–H groups in total. The summed E-state index contributed by atoms with van der Waals surface area (Å²) >= 11 is 7.33. The van der Waals surface area contributed by atoms with Crippen molar-refractivity contribution in [1.29, 1.82) is 0 Å². The van der Waals surface area contributed by atoms with Gasteiger partial charge in [0.2, 0.25) is 0 Å². The third-order valence-corrected chi connectivity index (χ3v) is 3.89. The van der Waals surface area contributed by atoms with Crippen LogP contribution in [0.3, 0.4) is 0 Å². The standard InChI is InChI=1S/C10H12ClNOS/c11-8-2-4-14-10(8)9(13)5-7-1-3-12-6-7/h2,4,7,12H,1,3,5-6H2. The fourth-order valence-corrected chi connectivity index (χ4v) is 2.85. The lowest BCUT2D eigenvalue weighted by atomic mass is 10.0. The van der Waals surface area contributed by atoms with E-state index >= 15 is 0 Å². The minimum absolute atomic E-state index is 0.193. The molecule has 0 radical (unpaired) electrons. The maximum Gasteiger partial charge on any atom is 0.174 e. The van der Waals surface area contributed by atoms with Gasteiger partial charge in [0.1, 0.15) is 0 Å². The Bertz CT molecular complexity index is 331. The van der Waals surface area contributed by atoms with Crippen molar-refractivity contribution in [1.82, 2.24) is 5.32 Å². The third-order valence-electron chi connectivity index (χ3n) is 2.51. The number of thiophene rings is 1. The number of carbonyl (C=O) groups excluding carboxylic acids is 1. The lowest BCUT2D eigenvalue weighted by Gasteiger charge is -2.05. The lowest BCUT2D eigenvalue weighted by Crippen LogP contribution is -2.12. The average molecular weight is 230 g/mol. The van der Waals surface area contributed by atoms with Crippen molar-refractivity contribution in [2.24, 2.45) is 5.92 Å². The highest BCUT2D eigenvalue weighted by molar-refractivity contribution is 7.12. The van der Waals surface area contributed by atoms with Gasteiger partial charge in [-0.2, -0.15) is 0 Å². The van der Waals surface area contributed by atoms with E-state index in [2.05, 4.69) is 5.32 Å². The van der Waals surface area contributed by atoms with Gasteiger partial charge in [0.15, 0.2) is 5.78 Å². The average Bonchev–Trinajstić information content (AvgIpc) is 2.75. The minimum atomic E-state index is 0.193. The Hall–Kier alpha value is -0.380. The number of halogens is 1. The Morgan fingerprint density at radius 3 is 3.14 bits per heavy atom. The molecule has 0 aromatic carbocycles. The highest BCUT2D eigenvalue weighted by atomic mass is 35.5. The fraction of sp³-hybridized carbons (Fsp3) is 0.500. The van der Waals surface area contributed by atoms with Gasteiger partial charge in [-0.05, 0) is 36.9 Å². The number of nitrogens with one attached hydrogen (secondary N) is 1. The van der Waals surface area contributed by atoms with Crippen LogP contribution in [0.15, 0.2) is 11.4 Å². The summed E-state index contributed by atoms with van der Waals surface area (Å²) in [6, 6.07) is 1.78. The second kappa shape index (κ2) is 4.43. The van der Waals surface area contributed by atoms with Crippen LogP contribution in [-0.2, 0) is 0 Å². The van der Waals surface area contributed by atoms with Crippen LogP contribution in [0.5, 0.6) is 0 Å². The number of ketones is 1. The van der Waals surface area contributed by atoms with Crippen molar-refractivity contribution in [3.05, 3.63) is 21.3 Å². The lowest BCUT2D eigenvalue weighted by molar-refractivity contribution is 0.0968. The second-order valence-corrected chi connectivity index (χ2v) is 4.91. The summed E-state index contributed by atoms with van der Waals surface area (Å²) in [5, 5.41) is 5.72. The SMILES string of the molecule is O=C(CC1CCNC1)c1sccc1Cl. The number of carbonyl (C=O) groups is 1. The van der Waals surface area contributed by atoms with Gasteiger partial charge in [-0.1, -0.05) is 11.6 Å². The maximum absolute atomic E-state index is 11.8. The van der Waals surface area contributed by atoms with Crippen molar-refractivity contribution in [3.63, 3.8) is 0 Å². The van der Waals surface area contributed by atoms with Crippen LogP contribution in [0, 0.1) is 5.92 Å². The Balaban J connectivity index is 1.98. The first kappa shape index (κ1) is 10.1. The van der Waals surface area contributed by atoms with Gasteiger partial charge in [-0.3, -0.25) is 4.79 Å². The molecule has 2 rings (SSSR count). The van der Waals surface area contributed by atoms with E-state index < -0.39 is 0 Å². The number of hydrogen-bond donors (Lipinski definition) is 1. The van der Waals surface area contributed by atoms with E-state index in [1.165, 1.54) is 11.3 Å². The van der Waals surface area contributed by atoms with Gasteiger partial charge in [0.05, 0.1) is 9.90 Å². The predicted octanol–water partition coefficient (Wildman–Crippen LogP) is 2.58. The van der Waals surface area contributed by atoms with Crippen LogP contribution >= 0.6 is 22.9 Å². The molecule has 14 heavy (non-hydrogen) atoms. The second-order valence-electron chi connectivity index (χ2n) is 3.58. The summed E-state index contributed by atoms with van der Waals surface area (Å²) in [7, 11) is 0. The molecule has 1 aliphatic heterocycles. The van der Waals surface area contributed by atoms with E-state index in [0.29, 0.717) is 17.4 Å². The molecular formula is C10H12ClNOS. The zero-order chi connectivity index (χ0) is 9.97. The molecule has 1 fully saturated rings. The van der Waals surface area contributed by atoms with Crippen LogP contribution in [0.25, 0.3) is 0 Å². The molecule has 1 saturated heterocycles. The van der Waals surface area contributed by atoms with Crippen molar-refractivity contribution < 1.29 is 4.79 Å². The first-order valence-electron chi connectivity index (χ1n) is 4.74. The summed E-state index contributed by atoms with van der Waals surface area (Å²) < 4.78 is 0. The normalized spacial score (nSPS) is 21.4. The molecular weight excluding hydrogens is 218 g/mol. The van der Waals surface area contributed by atoms with Crippen LogP contribution in [0.2, 0.25) is 5.02 Å². The van der Waals surface area contributed by atoms with E-state index in [9.17, 15) is 4.79 Å². The van der Waals surface area contributed by atoms with Gasteiger partial charge in [-0.25, -0.2) is 0 Å². The molecule has 0 saturated carbocycles. The smallest absolute Gasteiger partial charge is 0.174 e. The molecule has 0 bridgehead atoms. The number of Topliss-reactive ketones (excluding diaryl/α,β-unsaturated/α-hetero) is 1. The molecule has 1 atom stereocenters. The van der Waals surface area contributed by atoms with Crippen LogP contribution in [0.1, 0.15) is 22.5 Å². The van der Waals surface area contributed by atoms with Crippen LogP contribution in [-0.4, -0.2) is 18.9 Å². The van der Waals surface area contributed by atoms with E-state index in [-0.39, 0.29) is 5.78 Å². The summed E-state index contributed by atoms with van der Waals surface area (Å²) in [5.41, 5.74) is 0. The maximum atomic E-state index is 11.8. The Labute approximate surface area is 92.3 Å². The van der Waals surface area contributed by atoms with Gasteiger partial charge >= 0.3 is 0 Å². The molecule has 2 nitrogen and oxygen atoms in total. The summed E-state index contributed by atoms with van der Waals surface area (Å²) in [6.45, 7) is 2.00. The first-order valence-corrected chi connectivity index (χ1v) is 6.00. The van der Waals surface area contributed by atoms with Gasteiger partial charge in [-0.15, -0.1) is 11.3 Å². The van der Waals surface area contributed by atoms with Gasteiger partial charge in [0, 0.05) is 6.42 Å². The molecule has 2 heterocycles. The Morgan fingerprint density at radius 1 is 1.71 bits per heavy atom. The van der Waals surface area contributed by atoms with Crippen LogP contribution < -0.4 is 5.32 Å². The molecule has 1 aromatic heterocycles. The van der Waals surface area contributed by atoms with Gasteiger partial charge < -0.3 is 5.32 Å². The quantitative estimate of drug-likeness (QED) is 0.808. The predicted molar refractivity (Wildman–Crippen MR) is 59.3 cm³/mol. The largest absolute Gasteiger partial charge is 0.316 e. The molecule has 76 valence electrons. The zero-order valence-corrected chi connectivity index (χ0v) is 9.33. The summed E-state index contributed by atoms with van der Waals surface area (Å²) in [6.07, 6.45) is 1.74. The topological polar surface area (TPSA) is 29.1 Å². The summed E-state index contributed by atoms with van der Waals surface area (Å²) in [5.74, 6) is 0.694. The monoisotopic (exact) mass is 229 g/mol. The number of hydrogen-bond acceptors (Lipinski definition) is 3. The highest BCUT2D eigenvalue weighted by Crippen LogP contribution is 2.25. The molecule has 1 aliphatic rings. The molecule has 1 unspecified atom stereocenters. The van der Waals surface area contributed by atoms with Crippen molar-refractivity contribution in [2.45, 2.75) is 12.8 Å². The number of rotatable bonds is 3. The van der Waals surface area contributed by atoms with Crippen molar-refractivity contribution in [2.75, 3.05) is 13.1 Å². The molecule has 4 heteroatoms. The Kier molecular flexibility index (Phi) is 3.21. The molecule has 0 aliphatic carbocycles. The third kappa shape index (κ3) is 2.16. The van der Waals surface area contributed by atoms with E-state index in [1.807, 2.05) is 5.38 Å². The van der Waals surface area contributed by atoms with Gasteiger partial charge in [0.25, 0.3) is 0 Å². The van der Waals surface area contributed by atoms with Crippen LogP contribution in [0.4, 0.5) is 0 Å². The van der Waals surface area contributed by atoms with E-state index in [1.54, 1.807) is 6.07 Å². The molecule has 0 amide bonds. The van der Waals surface area contributed by atoms with Crippen molar-refractivity contribution in [3.8, 4) is 0 Å². The minimum Gasteiger partial charge on any atom is -0.316 e. The zero-order valence-electron chi connectivity index (χ0n) is 7.75. The van der Waals surface area contributed by atoms with E-state index in [4.69, 9.17) is 11.6 Å². The molecule has 1 aromatic rings.